The molecule has 1 amide bonds. The van der Waals surface area contributed by atoms with Crippen molar-refractivity contribution < 1.29 is 9.72 Å². The highest BCUT2D eigenvalue weighted by Gasteiger charge is 2.41. The third kappa shape index (κ3) is 3.66. The molecule has 1 aromatic rings. The van der Waals surface area contributed by atoms with Crippen molar-refractivity contribution in [2.75, 3.05) is 13.1 Å². The van der Waals surface area contributed by atoms with Gasteiger partial charge in [-0.05, 0) is 63.5 Å². The molecule has 7 nitrogen and oxygen atoms in total. The summed E-state index contributed by atoms with van der Waals surface area (Å²) in [4.78, 5) is 27.6. The average molecular weight is 388 g/mol. The van der Waals surface area contributed by atoms with Gasteiger partial charge in [0.05, 0.1) is 16.5 Å². The molecule has 1 aliphatic carbocycles. The van der Waals surface area contributed by atoms with Crippen LogP contribution in [0.5, 0.6) is 0 Å². The molecule has 1 aliphatic heterocycles. The molecule has 1 heterocycles. The molecule has 27 heavy (non-hydrogen) atoms. The summed E-state index contributed by atoms with van der Waals surface area (Å²) in [7, 11) is 0. The fourth-order valence-electron chi connectivity index (χ4n) is 3.53. The molecule has 0 spiro atoms. The molecule has 1 atom stereocenters. The summed E-state index contributed by atoms with van der Waals surface area (Å²) >= 11 is 5.57. The zero-order valence-corrected chi connectivity index (χ0v) is 16.6. The fraction of sp³-hybridized carbons (Fsp3) is 0.474. The number of nitrogens with one attached hydrogen (secondary N) is 1. The lowest BCUT2D eigenvalue weighted by Gasteiger charge is -2.39. The zero-order chi connectivity index (χ0) is 19.7. The first-order chi connectivity index (χ1) is 12.9. The highest BCUT2D eigenvalue weighted by Crippen LogP contribution is 2.38. The van der Waals surface area contributed by atoms with E-state index in [1.807, 2.05) is 25.7 Å². The smallest absolute Gasteiger partial charge is 0.269 e. The number of carbonyl (C=O) groups is 1. The van der Waals surface area contributed by atoms with E-state index in [4.69, 9.17) is 12.2 Å². The quantitative estimate of drug-likeness (QED) is 0.458. The first-order valence-corrected chi connectivity index (χ1v) is 9.63. The third-order valence-electron chi connectivity index (χ3n) is 5.16. The second-order valence-corrected chi connectivity index (χ2v) is 7.20. The van der Waals surface area contributed by atoms with E-state index in [0.717, 1.165) is 24.1 Å². The average Bonchev–Trinajstić information content (AvgIpc) is 3.47. The van der Waals surface area contributed by atoms with E-state index in [2.05, 4.69) is 5.32 Å². The molecule has 0 aromatic heterocycles. The number of rotatable bonds is 6. The molecular formula is C19H24N4O3S. The van der Waals surface area contributed by atoms with E-state index in [0.29, 0.717) is 29.8 Å². The monoisotopic (exact) mass is 388 g/mol. The van der Waals surface area contributed by atoms with Crippen molar-refractivity contribution in [2.24, 2.45) is 0 Å². The van der Waals surface area contributed by atoms with Gasteiger partial charge in [-0.1, -0.05) is 0 Å². The van der Waals surface area contributed by atoms with Gasteiger partial charge in [-0.15, -0.1) is 0 Å². The molecule has 0 radical (unpaired) electrons. The molecule has 1 fully saturated rings. The molecule has 144 valence electrons. The Balaban J connectivity index is 2.05. The standard InChI is InChI=1S/C19H24N4O3S/c1-4-21(5-2)18(24)16-12(3)22(14-10-11-14)19(27)20-17(16)13-6-8-15(9-7-13)23(25)26/h6-9,14,17H,4-5,10-11H2,1-3H3,(H,20,27)/t17-/m0/s1. The van der Waals surface area contributed by atoms with E-state index in [-0.39, 0.29) is 11.6 Å². The van der Waals surface area contributed by atoms with E-state index >= 15 is 0 Å². The number of hydrogen-bond acceptors (Lipinski definition) is 4. The van der Waals surface area contributed by atoms with Gasteiger partial charge in [0, 0.05) is 37.0 Å². The van der Waals surface area contributed by atoms with E-state index < -0.39 is 11.0 Å². The maximum Gasteiger partial charge on any atom is 0.269 e. The van der Waals surface area contributed by atoms with Crippen LogP contribution >= 0.6 is 12.2 Å². The Morgan fingerprint density at radius 3 is 2.37 bits per heavy atom. The van der Waals surface area contributed by atoms with Gasteiger partial charge in [0.25, 0.3) is 11.6 Å². The molecule has 1 N–H and O–H groups in total. The van der Waals surface area contributed by atoms with Gasteiger partial charge in [0.15, 0.2) is 5.11 Å². The normalized spacial score (nSPS) is 19.7. The SMILES string of the molecule is CCN(CC)C(=O)C1=C(C)N(C2CC2)C(=S)N[C@H]1c1ccc([N+](=O)[O-])cc1. The summed E-state index contributed by atoms with van der Waals surface area (Å²) in [6, 6.07) is 6.23. The molecular weight excluding hydrogens is 364 g/mol. The number of nitro groups is 1. The maximum absolute atomic E-state index is 13.3. The van der Waals surface area contributed by atoms with Gasteiger partial charge in [0.1, 0.15) is 0 Å². The second-order valence-electron chi connectivity index (χ2n) is 6.81. The van der Waals surface area contributed by atoms with E-state index in [1.54, 1.807) is 17.0 Å². The minimum atomic E-state index is -0.430. The summed E-state index contributed by atoms with van der Waals surface area (Å²) in [6.07, 6.45) is 2.13. The van der Waals surface area contributed by atoms with Crippen LogP contribution in [0.25, 0.3) is 0 Å². The van der Waals surface area contributed by atoms with E-state index in [1.165, 1.54) is 12.1 Å². The summed E-state index contributed by atoms with van der Waals surface area (Å²) in [5.41, 5.74) is 2.34. The molecule has 0 bridgehead atoms. The molecule has 3 rings (SSSR count). The lowest BCUT2D eigenvalue weighted by molar-refractivity contribution is -0.384. The van der Waals surface area contributed by atoms with Crippen LogP contribution in [0.3, 0.4) is 0 Å². The van der Waals surface area contributed by atoms with Crippen LogP contribution in [0.2, 0.25) is 0 Å². The van der Waals surface area contributed by atoms with Crippen molar-refractivity contribution >= 4 is 28.9 Å². The number of thiocarbonyl (C=S) groups is 1. The lowest BCUT2D eigenvalue weighted by atomic mass is 9.93. The van der Waals surface area contributed by atoms with Crippen molar-refractivity contribution in [3.8, 4) is 0 Å². The minimum absolute atomic E-state index is 0.0223. The van der Waals surface area contributed by atoms with Crippen LogP contribution in [0.15, 0.2) is 35.5 Å². The number of allylic oxidation sites excluding steroid dienone is 1. The molecule has 1 saturated carbocycles. The van der Waals surface area contributed by atoms with Gasteiger partial charge in [0.2, 0.25) is 0 Å². The predicted molar refractivity (Wildman–Crippen MR) is 107 cm³/mol. The topological polar surface area (TPSA) is 78.7 Å². The number of non-ortho nitro benzene ring substituents is 1. The number of nitrogens with zero attached hydrogens (tertiary/aromatic N) is 3. The van der Waals surface area contributed by atoms with E-state index in [9.17, 15) is 14.9 Å². The number of benzene rings is 1. The number of likely N-dealkylation sites (N-methyl/N-ethyl adjacent to an activating group) is 1. The Morgan fingerprint density at radius 1 is 1.30 bits per heavy atom. The molecule has 8 heteroatoms. The Labute approximate surface area is 164 Å². The van der Waals surface area contributed by atoms with Crippen LogP contribution in [0, 0.1) is 10.1 Å². The highest BCUT2D eigenvalue weighted by molar-refractivity contribution is 7.80. The number of amides is 1. The van der Waals surface area contributed by atoms with Crippen LogP contribution in [-0.4, -0.2) is 44.9 Å². The predicted octanol–water partition coefficient (Wildman–Crippen LogP) is 3.13. The van der Waals surface area contributed by atoms with Crippen molar-refractivity contribution in [2.45, 2.75) is 45.7 Å². The second kappa shape index (κ2) is 7.64. The maximum atomic E-state index is 13.3. The van der Waals surface area contributed by atoms with Gasteiger partial charge in [-0.25, -0.2) is 0 Å². The summed E-state index contributed by atoms with van der Waals surface area (Å²) in [6.45, 7) is 7.09. The Hall–Kier alpha value is -2.48. The Morgan fingerprint density at radius 2 is 1.89 bits per heavy atom. The largest absolute Gasteiger partial charge is 0.351 e. The van der Waals surface area contributed by atoms with Gasteiger partial charge in [-0.2, -0.15) is 0 Å². The zero-order valence-electron chi connectivity index (χ0n) is 15.8. The fourth-order valence-corrected chi connectivity index (χ4v) is 3.93. The van der Waals surface area contributed by atoms with Crippen LogP contribution in [0.4, 0.5) is 5.69 Å². The van der Waals surface area contributed by atoms with Gasteiger partial charge < -0.3 is 15.1 Å². The van der Waals surface area contributed by atoms with Crippen LogP contribution < -0.4 is 5.32 Å². The van der Waals surface area contributed by atoms with Crippen molar-refractivity contribution in [1.29, 1.82) is 0 Å². The van der Waals surface area contributed by atoms with Gasteiger partial charge >= 0.3 is 0 Å². The molecule has 0 unspecified atom stereocenters. The Kier molecular flexibility index (Phi) is 5.46. The number of hydrogen-bond donors (Lipinski definition) is 1. The summed E-state index contributed by atoms with van der Waals surface area (Å²) in [5, 5.41) is 14.9. The summed E-state index contributed by atoms with van der Waals surface area (Å²) < 4.78 is 0. The Bertz CT molecular complexity index is 798. The lowest BCUT2D eigenvalue weighted by Crippen LogP contribution is -2.50. The minimum Gasteiger partial charge on any atom is -0.351 e. The van der Waals surface area contributed by atoms with Crippen molar-refractivity contribution in [3.63, 3.8) is 0 Å². The van der Waals surface area contributed by atoms with Crippen molar-refractivity contribution in [1.82, 2.24) is 15.1 Å². The number of carbonyl (C=O) groups excluding carboxylic acids is 1. The van der Waals surface area contributed by atoms with Crippen LogP contribution in [-0.2, 0) is 4.79 Å². The number of nitro benzene ring substituents is 1. The van der Waals surface area contributed by atoms with Crippen LogP contribution in [0.1, 0.15) is 45.2 Å². The molecule has 2 aliphatic rings. The molecule has 0 saturated heterocycles. The first kappa shape index (κ1) is 19.3. The molecule has 1 aromatic carbocycles. The van der Waals surface area contributed by atoms with Gasteiger partial charge in [-0.3, -0.25) is 14.9 Å². The third-order valence-corrected chi connectivity index (χ3v) is 5.47. The first-order valence-electron chi connectivity index (χ1n) is 9.23. The highest BCUT2D eigenvalue weighted by atomic mass is 32.1. The summed E-state index contributed by atoms with van der Waals surface area (Å²) in [5.74, 6) is -0.0264. The van der Waals surface area contributed by atoms with Crippen molar-refractivity contribution in [3.05, 3.63) is 51.2 Å².